The van der Waals surface area contributed by atoms with Gasteiger partial charge in [0, 0.05) is 46.1 Å². The molecule has 4 rings (SSSR count). The van der Waals surface area contributed by atoms with Gasteiger partial charge in [0.05, 0.1) is 6.61 Å². The van der Waals surface area contributed by atoms with E-state index < -0.39 is 0 Å². The summed E-state index contributed by atoms with van der Waals surface area (Å²) in [6, 6.07) is 8.37. The molecular weight excluding hydrogens is 344 g/mol. The van der Waals surface area contributed by atoms with Gasteiger partial charge in [0.1, 0.15) is 11.3 Å². The van der Waals surface area contributed by atoms with Crippen LogP contribution in [-0.4, -0.2) is 21.4 Å². The van der Waals surface area contributed by atoms with Crippen LogP contribution in [0.1, 0.15) is 26.7 Å². The first-order valence-electron chi connectivity index (χ1n) is 9.13. The minimum absolute atomic E-state index is 0.0121. The number of hydrogen-bond acceptors (Lipinski definition) is 3. The van der Waals surface area contributed by atoms with Gasteiger partial charge in [0.25, 0.3) is 5.56 Å². The fourth-order valence-corrected chi connectivity index (χ4v) is 4.04. The van der Waals surface area contributed by atoms with Crippen molar-refractivity contribution in [3.8, 4) is 16.9 Å². The van der Waals surface area contributed by atoms with Gasteiger partial charge in [-0.1, -0.05) is 13.8 Å². The predicted molar refractivity (Wildman–Crippen MR) is 108 cm³/mol. The molecule has 0 unspecified atom stereocenters. The number of nitrogens with one attached hydrogen (secondary N) is 1. The van der Waals surface area contributed by atoms with Crippen LogP contribution in [0.25, 0.3) is 22.0 Å². The Hall–Kier alpha value is -2.14. The highest BCUT2D eigenvalue weighted by atomic mass is 32.2. The fraction of sp³-hybridized carbons (Fsp3) is 0.381. The molecular formula is C21H24N2O2S. The molecule has 0 atom stereocenters. The average Bonchev–Trinajstić information content (AvgIpc) is 3.30. The Balaban J connectivity index is 1.85. The van der Waals surface area contributed by atoms with E-state index in [1.54, 1.807) is 11.6 Å². The summed E-state index contributed by atoms with van der Waals surface area (Å²) in [5.74, 6) is 1.59. The SMILES string of the molecule is CC(C)Sc1ccc(OCC2CC2)c(-c2cn(C)c(=O)c3[nH]ccc23)c1. The van der Waals surface area contributed by atoms with Gasteiger partial charge >= 0.3 is 0 Å². The van der Waals surface area contributed by atoms with Crippen molar-refractivity contribution in [2.45, 2.75) is 36.8 Å². The molecule has 0 aliphatic heterocycles. The van der Waals surface area contributed by atoms with Crippen molar-refractivity contribution in [3.05, 3.63) is 47.0 Å². The number of H-pyrrole nitrogens is 1. The summed E-state index contributed by atoms with van der Waals surface area (Å²) < 4.78 is 7.80. The maximum atomic E-state index is 12.4. The maximum absolute atomic E-state index is 12.4. The maximum Gasteiger partial charge on any atom is 0.274 e. The Labute approximate surface area is 157 Å². The molecule has 0 amide bonds. The minimum Gasteiger partial charge on any atom is -0.493 e. The van der Waals surface area contributed by atoms with E-state index in [0.717, 1.165) is 28.9 Å². The number of aryl methyl sites for hydroxylation is 1. The summed E-state index contributed by atoms with van der Waals surface area (Å²) in [6.45, 7) is 5.16. The van der Waals surface area contributed by atoms with Gasteiger partial charge in [0.15, 0.2) is 0 Å². The topological polar surface area (TPSA) is 47.0 Å². The highest BCUT2D eigenvalue weighted by molar-refractivity contribution is 7.99. The first-order valence-corrected chi connectivity index (χ1v) is 10.0. The minimum atomic E-state index is -0.0121. The summed E-state index contributed by atoms with van der Waals surface area (Å²) in [4.78, 5) is 16.7. The van der Waals surface area contributed by atoms with E-state index in [1.165, 1.54) is 17.7 Å². The number of thioether (sulfide) groups is 1. The molecule has 5 heteroatoms. The first-order chi connectivity index (χ1) is 12.5. The number of rotatable bonds is 6. The zero-order valence-corrected chi connectivity index (χ0v) is 16.2. The Morgan fingerprint density at radius 3 is 2.81 bits per heavy atom. The van der Waals surface area contributed by atoms with E-state index in [0.29, 0.717) is 16.7 Å². The first kappa shape index (κ1) is 17.3. The summed E-state index contributed by atoms with van der Waals surface area (Å²) in [5, 5.41) is 1.45. The molecule has 2 aromatic heterocycles. The zero-order valence-electron chi connectivity index (χ0n) is 15.4. The number of ether oxygens (including phenoxy) is 1. The van der Waals surface area contributed by atoms with Gasteiger partial charge < -0.3 is 14.3 Å². The summed E-state index contributed by atoms with van der Waals surface area (Å²) in [5.41, 5.74) is 2.71. The number of fused-ring (bicyclic) bond motifs is 1. The number of aromatic nitrogens is 2. The highest BCUT2D eigenvalue weighted by Gasteiger charge is 2.23. The van der Waals surface area contributed by atoms with Gasteiger partial charge in [0.2, 0.25) is 0 Å². The van der Waals surface area contributed by atoms with Gasteiger partial charge in [-0.05, 0) is 43.0 Å². The average molecular weight is 369 g/mol. The second kappa shape index (κ2) is 6.88. The largest absolute Gasteiger partial charge is 0.493 e. The molecule has 26 heavy (non-hydrogen) atoms. The molecule has 0 spiro atoms. The molecule has 1 N–H and O–H groups in total. The van der Waals surface area contributed by atoms with Crippen LogP contribution in [0.15, 0.2) is 46.3 Å². The number of nitrogens with zero attached hydrogens (tertiary/aromatic N) is 1. The molecule has 4 nitrogen and oxygen atoms in total. The lowest BCUT2D eigenvalue weighted by Crippen LogP contribution is -2.16. The monoisotopic (exact) mass is 368 g/mol. The van der Waals surface area contributed by atoms with Crippen molar-refractivity contribution < 1.29 is 4.74 Å². The third-order valence-electron chi connectivity index (χ3n) is 4.68. The van der Waals surface area contributed by atoms with Crippen molar-refractivity contribution in [3.63, 3.8) is 0 Å². The molecule has 1 saturated carbocycles. The van der Waals surface area contributed by atoms with Crippen LogP contribution >= 0.6 is 11.8 Å². The lowest BCUT2D eigenvalue weighted by molar-refractivity contribution is 0.301. The number of hydrogen-bond donors (Lipinski definition) is 1. The van der Waals surface area contributed by atoms with Crippen molar-refractivity contribution >= 4 is 22.7 Å². The quantitative estimate of drug-likeness (QED) is 0.634. The smallest absolute Gasteiger partial charge is 0.274 e. The van der Waals surface area contributed by atoms with Crippen LogP contribution in [0.2, 0.25) is 0 Å². The van der Waals surface area contributed by atoms with Crippen LogP contribution in [0.5, 0.6) is 5.75 Å². The third kappa shape index (κ3) is 3.40. The molecule has 1 aromatic carbocycles. The Bertz CT molecular complexity index is 999. The molecule has 3 aromatic rings. The molecule has 1 fully saturated rings. The summed E-state index contributed by atoms with van der Waals surface area (Å²) in [7, 11) is 1.80. The van der Waals surface area contributed by atoms with Crippen LogP contribution in [0, 0.1) is 5.92 Å². The van der Waals surface area contributed by atoms with E-state index in [2.05, 4.69) is 37.0 Å². The molecule has 1 aliphatic rings. The second-order valence-corrected chi connectivity index (χ2v) is 8.95. The van der Waals surface area contributed by atoms with Crippen LogP contribution in [-0.2, 0) is 7.05 Å². The number of benzene rings is 1. The van der Waals surface area contributed by atoms with Crippen molar-refractivity contribution in [2.75, 3.05) is 6.61 Å². The van der Waals surface area contributed by atoms with Crippen LogP contribution < -0.4 is 10.3 Å². The van der Waals surface area contributed by atoms with E-state index in [9.17, 15) is 4.79 Å². The fourth-order valence-electron chi connectivity index (χ4n) is 3.17. The lowest BCUT2D eigenvalue weighted by atomic mass is 10.0. The van der Waals surface area contributed by atoms with Crippen molar-refractivity contribution in [2.24, 2.45) is 13.0 Å². The van der Waals surface area contributed by atoms with E-state index in [-0.39, 0.29) is 5.56 Å². The Morgan fingerprint density at radius 1 is 1.27 bits per heavy atom. The second-order valence-electron chi connectivity index (χ2n) is 7.30. The normalized spacial score (nSPS) is 14.3. The molecule has 136 valence electrons. The summed E-state index contributed by atoms with van der Waals surface area (Å²) in [6.07, 6.45) is 6.27. The van der Waals surface area contributed by atoms with Gasteiger partial charge in [-0.15, -0.1) is 11.8 Å². The third-order valence-corrected chi connectivity index (χ3v) is 5.68. The van der Waals surface area contributed by atoms with Crippen LogP contribution in [0.4, 0.5) is 0 Å². The summed E-state index contributed by atoms with van der Waals surface area (Å²) >= 11 is 1.84. The van der Waals surface area contributed by atoms with Crippen molar-refractivity contribution in [1.82, 2.24) is 9.55 Å². The van der Waals surface area contributed by atoms with E-state index in [4.69, 9.17) is 4.74 Å². The van der Waals surface area contributed by atoms with Crippen LogP contribution in [0.3, 0.4) is 0 Å². The molecule has 2 heterocycles. The Kier molecular flexibility index (Phi) is 4.57. The van der Waals surface area contributed by atoms with E-state index >= 15 is 0 Å². The van der Waals surface area contributed by atoms with Gasteiger partial charge in [-0.3, -0.25) is 4.79 Å². The number of aromatic amines is 1. The van der Waals surface area contributed by atoms with E-state index in [1.807, 2.05) is 30.2 Å². The molecule has 0 bridgehead atoms. The molecule has 0 radical (unpaired) electrons. The highest BCUT2D eigenvalue weighted by Crippen LogP contribution is 2.39. The van der Waals surface area contributed by atoms with Crippen molar-refractivity contribution in [1.29, 1.82) is 0 Å². The Morgan fingerprint density at radius 2 is 2.08 bits per heavy atom. The van der Waals surface area contributed by atoms with Gasteiger partial charge in [-0.25, -0.2) is 0 Å². The molecule has 1 aliphatic carbocycles. The lowest BCUT2D eigenvalue weighted by Gasteiger charge is -2.15. The van der Waals surface area contributed by atoms with Gasteiger partial charge in [-0.2, -0.15) is 0 Å². The molecule has 0 saturated heterocycles. The zero-order chi connectivity index (χ0) is 18.3. The predicted octanol–water partition coefficient (Wildman–Crippen LogP) is 4.82. The standard InChI is InChI=1S/C21H24N2O2S/c1-13(2)26-15-6-7-19(25-12-14-4-5-14)17(10-15)18-11-23(3)21(24)20-16(18)8-9-22-20/h6-11,13-14,22H,4-5,12H2,1-3H3. The number of pyridine rings is 1.